The Morgan fingerprint density at radius 3 is 2.65 bits per heavy atom. The molecule has 0 bridgehead atoms. The number of aryl methyl sites for hydroxylation is 1. The van der Waals surface area contributed by atoms with Crippen molar-refractivity contribution in [1.29, 1.82) is 0 Å². The van der Waals surface area contributed by atoms with Gasteiger partial charge in [-0.3, -0.25) is 9.59 Å². The van der Waals surface area contributed by atoms with Crippen LogP contribution < -0.4 is 15.5 Å². The number of carbonyl (C=O) groups excluding carboxylic acids is 2. The number of hydrazone groups is 1. The third-order valence-corrected chi connectivity index (χ3v) is 3.17. The number of benzene rings is 1. The van der Waals surface area contributed by atoms with E-state index in [2.05, 4.69) is 15.8 Å². The van der Waals surface area contributed by atoms with Gasteiger partial charge < -0.3 is 10.1 Å². The third kappa shape index (κ3) is 6.95. The van der Waals surface area contributed by atoms with Crippen molar-refractivity contribution >= 4 is 23.2 Å². The van der Waals surface area contributed by atoms with E-state index in [0.717, 1.165) is 18.4 Å². The number of unbranched alkanes of at least 4 members (excludes halogenated alkanes) is 1. The lowest BCUT2D eigenvalue weighted by Gasteiger charge is -2.11. The van der Waals surface area contributed by atoms with Gasteiger partial charge in [0.2, 0.25) is 11.8 Å². The van der Waals surface area contributed by atoms with Crippen LogP contribution >= 0.6 is 0 Å². The van der Waals surface area contributed by atoms with E-state index < -0.39 is 0 Å². The number of hydrogen-bond donors (Lipinski definition) is 2. The Morgan fingerprint density at radius 1 is 1.26 bits per heavy atom. The Morgan fingerprint density at radius 2 is 2.00 bits per heavy atom. The topological polar surface area (TPSA) is 79.8 Å². The lowest BCUT2D eigenvalue weighted by Crippen LogP contribution is -2.21. The zero-order valence-electron chi connectivity index (χ0n) is 14.2. The van der Waals surface area contributed by atoms with E-state index in [4.69, 9.17) is 4.74 Å². The summed E-state index contributed by atoms with van der Waals surface area (Å²) in [5.41, 5.74) is 4.65. The quantitative estimate of drug-likeness (QED) is 0.571. The Balaban J connectivity index is 2.56. The van der Waals surface area contributed by atoms with Crippen molar-refractivity contribution in [1.82, 2.24) is 5.43 Å². The molecule has 0 atom stereocenters. The molecule has 6 nitrogen and oxygen atoms in total. The Hall–Kier alpha value is -2.37. The first-order chi connectivity index (χ1) is 11.0. The Kier molecular flexibility index (Phi) is 7.80. The molecule has 0 unspecified atom stereocenters. The van der Waals surface area contributed by atoms with Crippen LogP contribution in [0.4, 0.5) is 5.69 Å². The Bertz CT molecular complexity index is 582. The standard InChI is InChI=1S/C17H25N3O3/c1-5-6-7-16(21)20-19-13(3)11-17(22)18-14-10-12(2)8-9-15(14)23-4/h8-10H,5-7,11H2,1-4H3,(H,18,22)(H,20,21)/b19-13+. The summed E-state index contributed by atoms with van der Waals surface area (Å²) in [5.74, 6) is 0.260. The fourth-order valence-corrected chi connectivity index (χ4v) is 1.94. The van der Waals surface area contributed by atoms with Gasteiger partial charge in [0.25, 0.3) is 0 Å². The third-order valence-electron chi connectivity index (χ3n) is 3.17. The maximum Gasteiger partial charge on any atom is 0.240 e. The van der Waals surface area contributed by atoms with Crippen molar-refractivity contribution in [3.05, 3.63) is 23.8 Å². The molecule has 0 spiro atoms. The summed E-state index contributed by atoms with van der Waals surface area (Å²) in [6.45, 7) is 5.66. The van der Waals surface area contributed by atoms with Gasteiger partial charge in [-0.1, -0.05) is 19.4 Å². The van der Waals surface area contributed by atoms with E-state index >= 15 is 0 Å². The number of hydrogen-bond acceptors (Lipinski definition) is 4. The first-order valence-corrected chi connectivity index (χ1v) is 7.72. The molecule has 0 fully saturated rings. The second kappa shape index (κ2) is 9.61. The molecule has 6 heteroatoms. The average molecular weight is 319 g/mol. The zero-order valence-corrected chi connectivity index (χ0v) is 14.2. The molecule has 2 N–H and O–H groups in total. The second-order valence-electron chi connectivity index (χ2n) is 5.41. The second-order valence-corrected chi connectivity index (χ2v) is 5.41. The summed E-state index contributed by atoms with van der Waals surface area (Å²) in [6, 6.07) is 5.56. The number of amides is 2. The number of nitrogens with zero attached hydrogens (tertiary/aromatic N) is 1. The van der Waals surface area contributed by atoms with Crippen molar-refractivity contribution in [2.75, 3.05) is 12.4 Å². The van der Waals surface area contributed by atoms with Crippen LogP contribution in [0, 0.1) is 6.92 Å². The largest absolute Gasteiger partial charge is 0.495 e. The van der Waals surface area contributed by atoms with E-state index in [1.165, 1.54) is 0 Å². The summed E-state index contributed by atoms with van der Waals surface area (Å²) in [4.78, 5) is 23.5. The van der Waals surface area contributed by atoms with Gasteiger partial charge in [-0.25, -0.2) is 5.43 Å². The van der Waals surface area contributed by atoms with Gasteiger partial charge in [0.1, 0.15) is 5.75 Å². The molecule has 0 aliphatic rings. The molecule has 1 aromatic rings. The molecule has 0 saturated heterocycles. The highest BCUT2D eigenvalue weighted by Crippen LogP contribution is 2.25. The van der Waals surface area contributed by atoms with Gasteiger partial charge in [-0.05, 0) is 38.0 Å². The van der Waals surface area contributed by atoms with Crippen molar-refractivity contribution < 1.29 is 14.3 Å². The van der Waals surface area contributed by atoms with Crippen molar-refractivity contribution in [3.63, 3.8) is 0 Å². The lowest BCUT2D eigenvalue weighted by atomic mass is 10.2. The minimum atomic E-state index is -0.210. The van der Waals surface area contributed by atoms with Crippen LogP contribution in [0.15, 0.2) is 23.3 Å². The van der Waals surface area contributed by atoms with Crippen LogP contribution in [-0.2, 0) is 9.59 Å². The summed E-state index contributed by atoms with van der Waals surface area (Å²) in [7, 11) is 1.55. The lowest BCUT2D eigenvalue weighted by molar-refractivity contribution is -0.121. The molecule has 23 heavy (non-hydrogen) atoms. The highest BCUT2D eigenvalue weighted by Gasteiger charge is 2.09. The van der Waals surface area contributed by atoms with Crippen molar-refractivity contribution in [2.45, 2.75) is 46.5 Å². The summed E-state index contributed by atoms with van der Waals surface area (Å²) in [6.07, 6.45) is 2.33. The van der Waals surface area contributed by atoms with Gasteiger partial charge >= 0.3 is 0 Å². The molecule has 126 valence electrons. The first-order valence-electron chi connectivity index (χ1n) is 7.72. The molecule has 0 saturated carbocycles. The van der Waals surface area contributed by atoms with Crippen LogP contribution in [0.1, 0.15) is 45.1 Å². The predicted octanol–water partition coefficient (Wildman–Crippen LogP) is 3.01. The number of rotatable bonds is 8. The SMILES string of the molecule is CCCCC(=O)N/N=C(\C)CC(=O)Nc1cc(C)ccc1OC. The fourth-order valence-electron chi connectivity index (χ4n) is 1.94. The van der Waals surface area contributed by atoms with Crippen LogP contribution in [0.25, 0.3) is 0 Å². The minimum absolute atomic E-state index is 0.102. The van der Waals surface area contributed by atoms with Gasteiger partial charge in [0.15, 0.2) is 0 Å². The number of methoxy groups -OCH3 is 1. The number of anilines is 1. The highest BCUT2D eigenvalue weighted by atomic mass is 16.5. The predicted molar refractivity (Wildman–Crippen MR) is 91.8 cm³/mol. The monoisotopic (exact) mass is 319 g/mol. The van der Waals surface area contributed by atoms with E-state index in [1.54, 1.807) is 20.1 Å². The smallest absolute Gasteiger partial charge is 0.240 e. The zero-order chi connectivity index (χ0) is 17.2. The molecular weight excluding hydrogens is 294 g/mol. The molecule has 0 radical (unpaired) electrons. The van der Waals surface area contributed by atoms with E-state index in [0.29, 0.717) is 23.6 Å². The van der Waals surface area contributed by atoms with Crippen molar-refractivity contribution in [3.8, 4) is 5.75 Å². The highest BCUT2D eigenvalue weighted by molar-refractivity contribution is 6.06. The summed E-state index contributed by atoms with van der Waals surface area (Å²) < 4.78 is 5.22. The van der Waals surface area contributed by atoms with Gasteiger partial charge in [-0.2, -0.15) is 5.10 Å². The number of carbonyl (C=O) groups is 2. The summed E-state index contributed by atoms with van der Waals surface area (Å²) >= 11 is 0. The van der Waals surface area contributed by atoms with Gasteiger partial charge in [0.05, 0.1) is 19.2 Å². The maximum atomic E-state index is 12.1. The van der Waals surface area contributed by atoms with E-state index in [1.807, 2.05) is 26.0 Å². The molecule has 0 heterocycles. The maximum absolute atomic E-state index is 12.1. The van der Waals surface area contributed by atoms with Crippen LogP contribution in [0.3, 0.4) is 0 Å². The van der Waals surface area contributed by atoms with Crippen molar-refractivity contribution in [2.24, 2.45) is 5.10 Å². The van der Waals surface area contributed by atoms with Crippen LogP contribution in [-0.4, -0.2) is 24.6 Å². The van der Waals surface area contributed by atoms with Crippen LogP contribution in [0.5, 0.6) is 5.75 Å². The number of ether oxygens (including phenoxy) is 1. The molecule has 0 aliphatic heterocycles. The first kappa shape index (κ1) is 18.7. The minimum Gasteiger partial charge on any atom is -0.495 e. The summed E-state index contributed by atoms with van der Waals surface area (Å²) in [5, 5.41) is 6.74. The molecule has 0 aromatic heterocycles. The molecule has 0 aliphatic carbocycles. The molecular formula is C17H25N3O3. The normalized spacial score (nSPS) is 11.0. The van der Waals surface area contributed by atoms with E-state index in [-0.39, 0.29) is 18.2 Å². The van der Waals surface area contributed by atoms with Crippen LogP contribution in [0.2, 0.25) is 0 Å². The Labute approximate surface area is 137 Å². The fraction of sp³-hybridized carbons (Fsp3) is 0.471. The molecule has 1 rings (SSSR count). The molecule has 1 aromatic carbocycles. The van der Waals surface area contributed by atoms with Gasteiger partial charge in [-0.15, -0.1) is 0 Å². The average Bonchev–Trinajstić information content (AvgIpc) is 2.51. The van der Waals surface area contributed by atoms with Gasteiger partial charge in [0, 0.05) is 12.1 Å². The number of nitrogens with one attached hydrogen (secondary N) is 2. The molecule has 2 amide bonds. The van der Waals surface area contributed by atoms with E-state index in [9.17, 15) is 9.59 Å².